The Morgan fingerprint density at radius 3 is 2.68 bits per heavy atom. The van der Waals surface area contributed by atoms with E-state index in [1.54, 1.807) is 0 Å². The lowest BCUT2D eigenvalue weighted by Gasteiger charge is -2.23. The molecule has 2 fully saturated rings. The van der Waals surface area contributed by atoms with E-state index in [0.717, 1.165) is 43.7 Å². The Morgan fingerprint density at radius 2 is 2.00 bits per heavy atom. The molecular formula is C19H29N3O3. The highest BCUT2D eigenvalue weighted by molar-refractivity contribution is 5.84. The summed E-state index contributed by atoms with van der Waals surface area (Å²) in [6.45, 7) is 4.85. The van der Waals surface area contributed by atoms with E-state index in [9.17, 15) is 9.59 Å². The molecule has 1 aliphatic carbocycles. The number of hydrogen-bond donors (Lipinski definition) is 1. The molecule has 0 spiro atoms. The van der Waals surface area contributed by atoms with Crippen molar-refractivity contribution in [3.05, 3.63) is 17.5 Å². The summed E-state index contributed by atoms with van der Waals surface area (Å²) in [6, 6.07) is 2.27. The summed E-state index contributed by atoms with van der Waals surface area (Å²) in [7, 11) is 0. The van der Waals surface area contributed by atoms with E-state index in [2.05, 4.69) is 24.3 Å². The highest BCUT2D eigenvalue weighted by atomic mass is 16.5. The van der Waals surface area contributed by atoms with E-state index in [1.165, 1.54) is 12.8 Å². The van der Waals surface area contributed by atoms with Gasteiger partial charge in [0.15, 0.2) is 0 Å². The third-order valence-electron chi connectivity index (χ3n) is 5.32. The molecule has 0 unspecified atom stereocenters. The molecule has 0 aromatic carbocycles. The summed E-state index contributed by atoms with van der Waals surface area (Å²) in [5.74, 6) is 1.18. The number of nitrogens with zero attached hydrogens (tertiary/aromatic N) is 2. The Balaban J connectivity index is 1.52. The minimum atomic E-state index is -0.0124. The molecular weight excluding hydrogens is 318 g/mol. The van der Waals surface area contributed by atoms with Crippen LogP contribution < -0.4 is 5.32 Å². The number of carbonyl (C=O) groups is 2. The fraction of sp³-hybridized carbons (Fsp3) is 0.737. The molecule has 1 aromatic heterocycles. The van der Waals surface area contributed by atoms with E-state index >= 15 is 0 Å². The van der Waals surface area contributed by atoms with Crippen LogP contribution in [-0.4, -0.2) is 34.5 Å². The number of amides is 2. The van der Waals surface area contributed by atoms with E-state index in [0.29, 0.717) is 6.04 Å². The quantitative estimate of drug-likeness (QED) is 0.857. The first-order valence-corrected chi connectivity index (χ1v) is 9.60. The SMILES string of the molecule is CC(C)c1cc([C@H]2CCCN2C(=O)CCC(=O)NC2CCCC2)no1. The van der Waals surface area contributed by atoms with Crippen LogP contribution in [0, 0.1) is 0 Å². The number of hydrogen-bond acceptors (Lipinski definition) is 4. The first-order chi connectivity index (χ1) is 12.0. The zero-order chi connectivity index (χ0) is 17.8. The summed E-state index contributed by atoms with van der Waals surface area (Å²) in [6.07, 6.45) is 6.93. The van der Waals surface area contributed by atoms with Crippen molar-refractivity contribution in [2.24, 2.45) is 0 Å². The van der Waals surface area contributed by atoms with Gasteiger partial charge in [0.25, 0.3) is 0 Å². The van der Waals surface area contributed by atoms with Crippen LogP contribution in [0.15, 0.2) is 10.6 Å². The summed E-state index contributed by atoms with van der Waals surface area (Å²) in [5, 5.41) is 7.21. The maximum atomic E-state index is 12.6. The van der Waals surface area contributed by atoms with Crippen LogP contribution in [0.3, 0.4) is 0 Å². The molecule has 1 atom stereocenters. The third-order valence-corrected chi connectivity index (χ3v) is 5.32. The van der Waals surface area contributed by atoms with E-state index < -0.39 is 0 Å². The van der Waals surface area contributed by atoms with E-state index in [-0.39, 0.29) is 36.6 Å². The van der Waals surface area contributed by atoms with Crippen molar-refractivity contribution in [3.63, 3.8) is 0 Å². The lowest BCUT2D eigenvalue weighted by atomic mass is 10.1. The van der Waals surface area contributed by atoms with Crippen molar-refractivity contribution < 1.29 is 14.1 Å². The molecule has 0 bridgehead atoms. The van der Waals surface area contributed by atoms with Crippen LogP contribution in [0.2, 0.25) is 0 Å². The van der Waals surface area contributed by atoms with Crippen molar-refractivity contribution in [1.82, 2.24) is 15.4 Å². The molecule has 1 N–H and O–H groups in total. The van der Waals surface area contributed by atoms with Crippen LogP contribution >= 0.6 is 0 Å². The summed E-state index contributed by atoms with van der Waals surface area (Å²) in [4.78, 5) is 26.5. The molecule has 1 saturated carbocycles. The average molecular weight is 347 g/mol. The number of rotatable bonds is 6. The van der Waals surface area contributed by atoms with Gasteiger partial charge in [0, 0.05) is 37.4 Å². The summed E-state index contributed by atoms with van der Waals surface area (Å²) < 4.78 is 5.39. The van der Waals surface area contributed by atoms with Crippen LogP contribution in [0.1, 0.15) is 88.6 Å². The maximum Gasteiger partial charge on any atom is 0.223 e. The van der Waals surface area contributed by atoms with Crippen molar-refractivity contribution in [2.45, 2.75) is 83.2 Å². The molecule has 1 saturated heterocycles. The molecule has 0 radical (unpaired) electrons. The third kappa shape index (κ3) is 4.41. The van der Waals surface area contributed by atoms with E-state index in [4.69, 9.17) is 4.52 Å². The van der Waals surface area contributed by atoms with Crippen molar-refractivity contribution in [3.8, 4) is 0 Å². The minimum absolute atomic E-state index is 0.000438. The second-order valence-electron chi connectivity index (χ2n) is 7.60. The monoisotopic (exact) mass is 347 g/mol. The second kappa shape index (κ2) is 8.02. The lowest BCUT2D eigenvalue weighted by molar-refractivity contribution is -0.134. The zero-order valence-electron chi connectivity index (χ0n) is 15.3. The predicted molar refractivity (Wildman–Crippen MR) is 93.9 cm³/mol. The number of carbonyl (C=O) groups excluding carboxylic acids is 2. The zero-order valence-corrected chi connectivity index (χ0v) is 15.3. The summed E-state index contributed by atoms with van der Waals surface area (Å²) in [5.41, 5.74) is 0.838. The normalized spacial score (nSPS) is 21.2. The Kier molecular flexibility index (Phi) is 5.76. The van der Waals surface area contributed by atoms with Gasteiger partial charge in [-0.1, -0.05) is 31.8 Å². The van der Waals surface area contributed by atoms with Gasteiger partial charge in [-0.25, -0.2) is 0 Å². The largest absolute Gasteiger partial charge is 0.361 e. The molecule has 2 heterocycles. The fourth-order valence-electron chi connectivity index (χ4n) is 3.84. The lowest BCUT2D eigenvalue weighted by Crippen LogP contribution is -2.35. The Bertz CT molecular complexity index is 605. The van der Waals surface area contributed by atoms with Gasteiger partial charge in [-0.15, -0.1) is 0 Å². The van der Waals surface area contributed by atoms with Gasteiger partial charge in [0.2, 0.25) is 11.8 Å². The van der Waals surface area contributed by atoms with Crippen molar-refractivity contribution in [2.75, 3.05) is 6.54 Å². The molecule has 6 nitrogen and oxygen atoms in total. The molecule has 25 heavy (non-hydrogen) atoms. The molecule has 138 valence electrons. The number of likely N-dealkylation sites (tertiary alicyclic amines) is 1. The molecule has 2 aliphatic rings. The predicted octanol–water partition coefficient (Wildman–Crippen LogP) is 3.30. The van der Waals surface area contributed by atoms with E-state index in [1.807, 2.05) is 11.0 Å². The van der Waals surface area contributed by atoms with Crippen molar-refractivity contribution >= 4 is 11.8 Å². The molecule has 6 heteroatoms. The Labute approximate surface area is 149 Å². The average Bonchev–Trinajstić information content (AvgIpc) is 3.31. The van der Waals surface area contributed by atoms with Gasteiger partial charge in [0.1, 0.15) is 11.5 Å². The summed E-state index contributed by atoms with van der Waals surface area (Å²) >= 11 is 0. The number of nitrogens with one attached hydrogen (secondary N) is 1. The molecule has 1 aliphatic heterocycles. The van der Waals surface area contributed by atoms with Gasteiger partial charge in [-0.3, -0.25) is 9.59 Å². The molecule has 3 rings (SSSR count). The van der Waals surface area contributed by atoms with Crippen molar-refractivity contribution in [1.29, 1.82) is 0 Å². The highest BCUT2D eigenvalue weighted by Crippen LogP contribution is 2.33. The molecule has 1 aromatic rings. The fourth-order valence-corrected chi connectivity index (χ4v) is 3.84. The smallest absolute Gasteiger partial charge is 0.223 e. The van der Waals surface area contributed by atoms with Gasteiger partial charge in [-0.2, -0.15) is 0 Å². The van der Waals surface area contributed by atoms with Gasteiger partial charge >= 0.3 is 0 Å². The second-order valence-corrected chi connectivity index (χ2v) is 7.60. The van der Waals surface area contributed by atoms with Gasteiger partial charge in [0.05, 0.1) is 6.04 Å². The Morgan fingerprint density at radius 1 is 1.24 bits per heavy atom. The van der Waals surface area contributed by atoms with Crippen LogP contribution in [0.25, 0.3) is 0 Å². The number of aromatic nitrogens is 1. The van der Waals surface area contributed by atoms with Crippen LogP contribution in [-0.2, 0) is 9.59 Å². The van der Waals surface area contributed by atoms with Crippen LogP contribution in [0.4, 0.5) is 0 Å². The first kappa shape index (κ1) is 18.0. The first-order valence-electron chi connectivity index (χ1n) is 9.60. The topological polar surface area (TPSA) is 75.4 Å². The Hall–Kier alpha value is -1.85. The molecule has 2 amide bonds. The van der Waals surface area contributed by atoms with Gasteiger partial charge < -0.3 is 14.7 Å². The maximum absolute atomic E-state index is 12.6. The van der Waals surface area contributed by atoms with Crippen LogP contribution in [0.5, 0.6) is 0 Å². The highest BCUT2D eigenvalue weighted by Gasteiger charge is 2.32. The minimum Gasteiger partial charge on any atom is -0.361 e. The van der Waals surface area contributed by atoms with Gasteiger partial charge in [-0.05, 0) is 25.7 Å². The standard InChI is InChI=1S/C19H29N3O3/c1-13(2)17-12-15(21-25-17)16-8-5-11-22(16)19(24)10-9-18(23)20-14-6-3-4-7-14/h12-14,16H,3-11H2,1-2H3,(H,20,23)/t16-/m1/s1.